The van der Waals surface area contributed by atoms with Gasteiger partial charge in [-0.15, -0.1) is 0 Å². The second-order valence-electron chi connectivity index (χ2n) is 5.26. The first-order chi connectivity index (χ1) is 7.77. The van der Waals surface area contributed by atoms with E-state index in [0.717, 1.165) is 32.5 Å². The van der Waals surface area contributed by atoms with Gasteiger partial charge in [-0.2, -0.15) is 0 Å². The first-order valence-electron chi connectivity index (χ1n) is 6.65. The molecule has 3 heteroatoms. The molecule has 0 spiro atoms. The van der Waals surface area contributed by atoms with E-state index in [1.165, 1.54) is 19.3 Å². The fourth-order valence-corrected chi connectivity index (χ4v) is 2.79. The van der Waals surface area contributed by atoms with Crippen LogP contribution in [-0.4, -0.2) is 25.2 Å². The summed E-state index contributed by atoms with van der Waals surface area (Å²) in [6.07, 6.45) is 6.81. The van der Waals surface area contributed by atoms with Gasteiger partial charge < -0.3 is 10.1 Å². The van der Waals surface area contributed by atoms with Crippen LogP contribution < -0.4 is 5.32 Å². The van der Waals surface area contributed by atoms with Crippen molar-refractivity contribution >= 4 is 5.91 Å². The van der Waals surface area contributed by atoms with E-state index in [2.05, 4.69) is 12.2 Å². The molecule has 1 amide bonds. The lowest BCUT2D eigenvalue weighted by atomic mass is 9.85. The fourth-order valence-electron chi connectivity index (χ4n) is 2.79. The summed E-state index contributed by atoms with van der Waals surface area (Å²) in [6.45, 7) is 3.75. The van der Waals surface area contributed by atoms with Crippen LogP contribution in [0.1, 0.15) is 45.4 Å². The van der Waals surface area contributed by atoms with Crippen LogP contribution in [-0.2, 0) is 9.53 Å². The minimum absolute atomic E-state index is 0.197. The zero-order chi connectivity index (χ0) is 11.4. The van der Waals surface area contributed by atoms with E-state index >= 15 is 0 Å². The van der Waals surface area contributed by atoms with Crippen molar-refractivity contribution in [3.8, 4) is 0 Å². The van der Waals surface area contributed by atoms with Crippen LogP contribution in [0.5, 0.6) is 0 Å². The van der Waals surface area contributed by atoms with E-state index in [4.69, 9.17) is 4.74 Å². The maximum absolute atomic E-state index is 12.0. The lowest BCUT2D eigenvalue weighted by Crippen LogP contribution is -2.44. The number of nitrogens with one attached hydrogen (secondary N) is 1. The van der Waals surface area contributed by atoms with Crippen molar-refractivity contribution in [2.45, 2.75) is 51.5 Å². The van der Waals surface area contributed by atoms with Gasteiger partial charge >= 0.3 is 0 Å². The van der Waals surface area contributed by atoms with E-state index in [1.54, 1.807) is 0 Å². The number of hydrogen-bond donors (Lipinski definition) is 1. The smallest absolute Gasteiger partial charge is 0.223 e. The van der Waals surface area contributed by atoms with Gasteiger partial charge in [0.2, 0.25) is 5.91 Å². The molecule has 2 rings (SSSR count). The number of amides is 1. The van der Waals surface area contributed by atoms with Gasteiger partial charge in [0.15, 0.2) is 0 Å². The highest BCUT2D eigenvalue weighted by Crippen LogP contribution is 2.24. The fraction of sp³-hybridized carbons (Fsp3) is 0.923. The Bertz CT molecular complexity index is 236. The Morgan fingerprint density at radius 3 is 2.50 bits per heavy atom. The molecule has 1 heterocycles. The molecule has 16 heavy (non-hydrogen) atoms. The number of rotatable bonds is 2. The second kappa shape index (κ2) is 5.67. The predicted octanol–water partition coefficient (Wildman–Crippen LogP) is 2.11. The minimum atomic E-state index is 0.197. The van der Waals surface area contributed by atoms with Crippen molar-refractivity contribution in [1.29, 1.82) is 0 Å². The molecule has 1 saturated carbocycles. The number of carbonyl (C=O) groups excluding carboxylic acids is 1. The third-order valence-corrected chi connectivity index (χ3v) is 4.03. The normalized spacial score (nSPS) is 32.3. The Labute approximate surface area is 97.9 Å². The van der Waals surface area contributed by atoms with Gasteiger partial charge in [0.25, 0.3) is 0 Å². The summed E-state index contributed by atoms with van der Waals surface area (Å²) in [5.41, 5.74) is 0. The molecule has 2 fully saturated rings. The molecule has 92 valence electrons. The van der Waals surface area contributed by atoms with Crippen LogP contribution in [0.2, 0.25) is 0 Å². The lowest BCUT2D eigenvalue weighted by Gasteiger charge is -2.31. The van der Waals surface area contributed by atoms with Crippen LogP contribution in [0.15, 0.2) is 0 Å². The van der Waals surface area contributed by atoms with Gasteiger partial charge in [-0.3, -0.25) is 4.79 Å². The van der Waals surface area contributed by atoms with Crippen molar-refractivity contribution < 1.29 is 9.53 Å². The minimum Gasteiger partial charge on any atom is -0.381 e. The molecule has 2 aliphatic rings. The van der Waals surface area contributed by atoms with Crippen LogP contribution >= 0.6 is 0 Å². The van der Waals surface area contributed by atoms with Gasteiger partial charge in [0.05, 0.1) is 0 Å². The SMILES string of the molecule is C[C@@H]1CCCC[C@@H]1NC(=O)C1CCOCC1. The average Bonchev–Trinajstić information content (AvgIpc) is 2.33. The predicted molar refractivity (Wildman–Crippen MR) is 63.1 cm³/mol. The summed E-state index contributed by atoms with van der Waals surface area (Å²) in [5.74, 6) is 1.11. The van der Waals surface area contributed by atoms with Crippen molar-refractivity contribution in [1.82, 2.24) is 5.32 Å². The third-order valence-electron chi connectivity index (χ3n) is 4.03. The molecule has 0 radical (unpaired) electrons. The van der Waals surface area contributed by atoms with Crippen LogP contribution in [0, 0.1) is 11.8 Å². The Balaban J connectivity index is 1.80. The standard InChI is InChI=1S/C13H23NO2/c1-10-4-2-3-5-12(10)14-13(15)11-6-8-16-9-7-11/h10-12H,2-9H2,1H3,(H,14,15)/t10-,12+/m1/s1. The van der Waals surface area contributed by atoms with E-state index in [9.17, 15) is 4.79 Å². The van der Waals surface area contributed by atoms with Crippen molar-refractivity contribution in [2.75, 3.05) is 13.2 Å². The Hall–Kier alpha value is -0.570. The third kappa shape index (κ3) is 2.97. The number of ether oxygens (including phenoxy) is 1. The summed E-state index contributed by atoms with van der Waals surface area (Å²) in [5, 5.41) is 3.24. The zero-order valence-corrected chi connectivity index (χ0v) is 10.2. The molecule has 1 saturated heterocycles. The van der Waals surface area contributed by atoms with Crippen LogP contribution in [0.25, 0.3) is 0 Å². The molecule has 2 atom stereocenters. The largest absolute Gasteiger partial charge is 0.381 e. The molecule has 1 N–H and O–H groups in total. The lowest BCUT2D eigenvalue weighted by molar-refractivity contribution is -0.129. The van der Waals surface area contributed by atoms with Gasteiger partial charge in [-0.05, 0) is 31.6 Å². The summed E-state index contributed by atoms with van der Waals surface area (Å²) in [4.78, 5) is 12.0. The quantitative estimate of drug-likeness (QED) is 0.781. The highest BCUT2D eigenvalue weighted by atomic mass is 16.5. The first kappa shape index (κ1) is 11.9. The van der Waals surface area contributed by atoms with Gasteiger partial charge in [-0.1, -0.05) is 19.8 Å². The van der Waals surface area contributed by atoms with Crippen molar-refractivity contribution in [3.63, 3.8) is 0 Å². The zero-order valence-electron chi connectivity index (χ0n) is 10.2. The summed E-state index contributed by atoms with van der Waals surface area (Å²) >= 11 is 0. The van der Waals surface area contributed by atoms with Crippen LogP contribution in [0.3, 0.4) is 0 Å². The highest BCUT2D eigenvalue weighted by molar-refractivity contribution is 5.79. The highest BCUT2D eigenvalue weighted by Gasteiger charge is 2.27. The molecule has 1 aliphatic carbocycles. The Morgan fingerprint density at radius 1 is 1.12 bits per heavy atom. The average molecular weight is 225 g/mol. The molecule has 0 aromatic carbocycles. The Kier molecular flexibility index (Phi) is 4.22. The molecule has 0 aromatic rings. The van der Waals surface area contributed by atoms with Gasteiger partial charge in [0, 0.05) is 25.2 Å². The molecule has 1 aliphatic heterocycles. The topological polar surface area (TPSA) is 38.3 Å². The van der Waals surface area contributed by atoms with E-state index in [0.29, 0.717) is 12.0 Å². The monoisotopic (exact) mass is 225 g/mol. The van der Waals surface area contributed by atoms with E-state index in [-0.39, 0.29) is 11.8 Å². The van der Waals surface area contributed by atoms with Crippen molar-refractivity contribution in [3.05, 3.63) is 0 Å². The van der Waals surface area contributed by atoms with Crippen molar-refractivity contribution in [2.24, 2.45) is 11.8 Å². The first-order valence-corrected chi connectivity index (χ1v) is 6.65. The van der Waals surface area contributed by atoms with Gasteiger partial charge in [0.1, 0.15) is 0 Å². The van der Waals surface area contributed by atoms with E-state index < -0.39 is 0 Å². The molecular formula is C13H23NO2. The summed E-state index contributed by atoms with van der Waals surface area (Å²) < 4.78 is 5.28. The molecule has 0 aromatic heterocycles. The number of hydrogen-bond acceptors (Lipinski definition) is 2. The maximum atomic E-state index is 12.0. The summed E-state index contributed by atoms with van der Waals surface area (Å²) in [7, 11) is 0. The second-order valence-corrected chi connectivity index (χ2v) is 5.26. The van der Waals surface area contributed by atoms with E-state index in [1.807, 2.05) is 0 Å². The summed E-state index contributed by atoms with van der Waals surface area (Å²) in [6, 6.07) is 0.420. The molecule has 3 nitrogen and oxygen atoms in total. The van der Waals surface area contributed by atoms with Crippen LogP contribution in [0.4, 0.5) is 0 Å². The Morgan fingerprint density at radius 2 is 1.81 bits per heavy atom. The number of carbonyl (C=O) groups is 1. The molecular weight excluding hydrogens is 202 g/mol. The molecule has 0 bridgehead atoms. The molecule has 0 unspecified atom stereocenters. The van der Waals surface area contributed by atoms with Gasteiger partial charge in [-0.25, -0.2) is 0 Å². The maximum Gasteiger partial charge on any atom is 0.223 e.